The summed E-state index contributed by atoms with van der Waals surface area (Å²) < 4.78 is 37.9. The number of piperidine rings is 1. The van der Waals surface area contributed by atoms with Crippen LogP contribution in [-0.2, 0) is 15.0 Å². The molecular weight excluding hydrogens is 382 g/mol. The lowest BCUT2D eigenvalue weighted by atomic mass is 9.97. The van der Waals surface area contributed by atoms with Gasteiger partial charge in [-0.1, -0.05) is 13.0 Å². The van der Waals surface area contributed by atoms with Crippen LogP contribution in [0.2, 0.25) is 0 Å². The van der Waals surface area contributed by atoms with Gasteiger partial charge in [-0.15, -0.1) is 0 Å². The molecule has 1 aliphatic rings. The Balaban J connectivity index is 2.11. The van der Waals surface area contributed by atoms with Crippen molar-refractivity contribution in [2.75, 3.05) is 41.4 Å². The van der Waals surface area contributed by atoms with Crippen molar-refractivity contribution in [1.29, 1.82) is 0 Å². The number of carbonyl (C=O) groups is 1. The van der Waals surface area contributed by atoms with E-state index in [1.807, 2.05) is 25.1 Å². The highest BCUT2D eigenvalue weighted by molar-refractivity contribution is 7.86. The van der Waals surface area contributed by atoms with Crippen LogP contribution < -0.4 is 14.8 Å². The molecule has 0 radical (unpaired) electrons. The molecule has 1 aliphatic heterocycles. The Labute approximate surface area is 168 Å². The maximum absolute atomic E-state index is 12.9. The number of nitrogens with zero attached hydrogens (tertiary/aromatic N) is 2. The summed E-state index contributed by atoms with van der Waals surface area (Å²) in [5, 5.41) is 3.07. The molecule has 1 aromatic rings. The average Bonchev–Trinajstić information content (AvgIpc) is 2.71. The van der Waals surface area contributed by atoms with E-state index in [9.17, 15) is 13.2 Å². The van der Waals surface area contributed by atoms with Crippen LogP contribution in [0.15, 0.2) is 18.2 Å². The molecule has 158 valence electrons. The van der Waals surface area contributed by atoms with Crippen molar-refractivity contribution in [3.63, 3.8) is 0 Å². The van der Waals surface area contributed by atoms with Gasteiger partial charge in [0, 0.05) is 27.2 Å². The number of carbonyl (C=O) groups excluding carboxylic acids is 1. The smallest absolute Gasteiger partial charge is 0.281 e. The van der Waals surface area contributed by atoms with E-state index in [1.54, 1.807) is 14.2 Å². The Morgan fingerprint density at radius 3 is 2.54 bits per heavy atom. The molecular formula is C19H31N3O5S. The van der Waals surface area contributed by atoms with E-state index in [2.05, 4.69) is 5.32 Å². The van der Waals surface area contributed by atoms with Crippen LogP contribution in [0.25, 0.3) is 0 Å². The van der Waals surface area contributed by atoms with Crippen molar-refractivity contribution in [2.24, 2.45) is 5.92 Å². The minimum absolute atomic E-state index is 0.125. The molecule has 8 nitrogen and oxygen atoms in total. The average molecular weight is 414 g/mol. The third kappa shape index (κ3) is 4.95. The minimum Gasteiger partial charge on any atom is -0.493 e. The fourth-order valence-electron chi connectivity index (χ4n) is 3.38. The van der Waals surface area contributed by atoms with E-state index < -0.39 is 10.2 Å². The summed E-state index contributed by atoms with van der Waals surface area (Å²) in [6, 6.07) is 5.39. The maximum atomic E-state index is 12.9. The number of benzene rings is 1. The van der Waals surface area contributed by atoms with Gasteiger partial charge in [-0.05, 0) is 37.0 Å². The second kappa shape index (κ2) is 9.58. The van der Waals surface area contributed by atoms with E-state index in [4.69, 9.17) is 9.47 Å². The molecule has 0 saturated carbocycles. The number of hydrogen-bond acceptors (Lipinski definition) is 5. The summed E-state index contributed by atoms with van der Waals surface area (Å²) >= 11 is 0. The third-order valence-electron chi connectivity index (χ3n) is 5.08. The van der Waals surface area contributed by atoms with Crippen molar-refractivity contribution in [3.05, 3.63) is 23.8 Å². The molecule has 28 heavy (non-hydrogen) atoms. The molecule has 0 bridgehead atoms. The topological polar surface area (TPSA) is 88.2 Å². The van der Waals surface area contributed by atoms with Gasteiger partial charge in [-0.3, -0.25) is 4.79 Å². The molecule has 1 heterocycles. The van der Waals surface area contributed by atoms with Crippen LogP contribution in [0.4, 0.5) is 0 Å². The minimum atomic E-state index is -3.51. The van der Waals surface area contributed by atoms with Gasteiger partial charge in [0.2, 0.25) is 5.91 Å². The summed E-state index contributed by atoms with van der Waals surface area (Å²) in [5.41, 5.74) is 0.919. The number of ether oxygens (including phenoxy) is 2. The second-order valence-electron chi connectivity index (χ2n) is 7.07. The SMILES string of the molecule is CCC(NC(=O)C1CCCN(S(=O)(=O)N(C)C)C1)c1ccc(OC)c(OC)c1. The fourth-order valence-corrected chi connectivity index (χ4v) is 4.57. The van der Waals surface area contributed by atoms with E-state index in [0.717, 1.165) is 5.56 Å². The van der Waals surface area contributed by atoms with Gasteiger partial charge in [0.1, 0.15) is 0 Å². The molecule has 0 aliphatic carbocycles. The fraction of sp³-hybridized carbons (Fsp3) is 0.632. The summed E-state index contributed by atoms with van der Waals surface area (Å²) in [5.74, 6) is 0.746. The Hall–Kier alpha value is -1.84. The lowest BCUT2D eigenvalue weighted by molar-refractivity contribution is -0.126. The number of amides is 1. The van der Waals surface area contributed by atoms with Crippen molar-refractivity contribution >= 4 is 16.1 Å². The molecule has 1 aromatic carbocycles. The Morgan fingerprint density at radius 1 is 1.29 bits per heavy atom. The lowest BCUT2D eigenvalue weighted by Crippen LogP contribution is -2.49. The van der Waals surface area contributed by atoms with Crippen molar-refractivity contribution in [1.82, 2.24) is 13.9 Å². The van der Waals surface area contributed by atoms with Gasteiger partial charge in [0.05, 0.1) is 26.2 Å². The molecule has 1 N–H and O–H groups in total. The molecule has 2 unspecified atom stereocenters. The standard InChI is InChI=1S/C19H31N3O5S/c1-6-16(14-9-10-17(26-4)18(12-14)27-5)20-19(23)15-8-7-11-22(13-15)28(24,25)21(2)3/h9-10,12,15-16H,6-8,11,13H2,1-5H3,(H,20,23). The zero-order valence-corrected chi connectivity index (χ0v) is 18.1. The highest BCUT2D eigenvalue weighted by Gasteiger charge is 2.34. The quantitative estimate of drug-likeness (QED) is 0.702. The molecule has 2 rings (SSSR count). The predicted molar refractivity (Wildman–Crippen MR) is 108 cm³/mol. The largest absolute Gasteiger partial charge is 0.493 e. The van der Waals surface area contributed by atoms with E-state index in [-0.39, 0.29) is 24.4 Å². The second-order valence-corrected chi connectivity index (χ2v) is 9.21. The molecule has 0 spiro atoms. The first-order chi connectivity index (χ1) is 13.2. The zero-order valence-electron chi connectivity index (χ0n) is 17.3. The molecule has 9 heteroatoms. The predicted octanol–water partition coefficient (Wildman–Crippen LogP) is 1.79. The zero-order chi connectivity index (χ0) is 20.9. The third-order valence-corrected chi connectivity index (χ3v) is 6.98. The Bertz CT molecular complexity index is 782. The number of rotatable bonds is 8. The van der Waals surface area contributed by atoms with Crippen LogP contribution in [0, 0.1) is 5.92 Å². The van der Waals surface area contributed by atoms with E-state index in [1.165, 1.54) is 22.7 Å². The highest BCUT2D eigenvalue weighted by Crippen LogP contribution is 2.31. The van der Waals surface area contributed by atoms with Crippen molar-refractivity contribution in [3.8, 4) is 11.5 Å². The monoisotopic (exact) mass is 413 g/mol. The van der Waals surface area contributed by atoms with Crippen molar-refractivity contribution in [2.45, 2.75) is 32.2 Å². The number of methoxy groups -OCH3 is 2. The normalized spacial score (nSPS) is 19.3. The van der Waals surface area contributed by atoms with Crippen molar-refractivity contribution < 1.29 is 22.7 Å². The van der Waals surface area contributed by atoms with Gasteiger partial charge >= 0.3 is 0 Å². The number of nitrogens with one attached hydrogen (secondary N) is 1. The number of hydrogen-bond donors (Lipinski definition) is 1. The van der Waals surface area contributed by atoms with Crippen LogP contribution in [0.1, 0.15) is 37.8 Å². The van der Waals surface area contributed by atoms with E-state index >= 15 is 0 Å². The molecule has 1 saturated heterocycles. The first-order valence-electron chi connectivity index (χ1n) is 9.44. The van der Waals surface area contributed by atoms with Crippen LogP contribution >= 0.6 is 0 Å². The molecule has 0 aromatic heterocycles. The van der Waals surface area contributed by atoms with Crippen LogP contribution in [-0.4, -0.2) is 64.3 Å². The summed E-state index contributed by atoms with van der Waals surface area (Å²) in [6.45, 7) is 2.64. The molecule has 1 amide bonds. The summed E-state index contributed by atoms with van der Waals surface area (Å²) in [4.78, 5) is 12.9. The van der Waals surface area contributed by atoms with Crippen LogP contribution in [0.3, 0.4) is 0 Å². The maximum Gasteiger partial charge on any atom is 0.281 e. The van der Waals surface area contributed by atoms with Gasteiger partial charge in [-0.25, -0.2) is 0 Å². The summed E-state index contributed by atoms with van der Waals surface area (Å²) in [6.07, 6.45) is 2.04. The van der Waals surface area contributed by atoms with Gasteiger partial charge in [-0.2, -0.15) is 17.0 Å². The van der Waals surface area contributed by atoms with Crippen LogP contribution in [0.5, 0.6) is 11.5 Å². The van der Waals surface area contributed by atoms with Gasteiger partial charge < -0.3 is 14.8 Å². The first kappa shape index (κ1) is 22.4. The Kier molecular flexibility index (Phi) is 7.68. The molecule has 1 fully saturated rings. The van der Waals surface area contributed by atoms with Gasteiger partial charge in [0.15, 0.2) is 11.5 Å². The highest BCUT2D eigenvalue weighted by atomic mass is 32.2. The van der Waals surface area contributed by atoms with Gasteiger partial charge in [0.25, 0.3) is 10.2 Å². The lowest BCUT2D eigenvalue weighted by Gasteiger charge is -2.33. The first-order valence-corrected chi connectivity index (χ1v) is 10.8. The summed E-state index contributed by atoms with van der Waals surface area (Å²) in [7, 11) is 2.64. The van der Waals surface area contributed by atoms with E-state index in [0.29, 0.717) is 37.3 Å². The Morgan fingerprint density at radius 2 is 1.96 bits per heavy atom. The molecule has 2 atom stereocenters.